The van der Waals surface area contributed by atoms with Crippen molar-refractivity contribution in [2.24, 2.45) is 5.73 Å². The molecule has 0 radical (unpaired) electrons. The molecule has 21 heavy (non-hydrogen) atoms. The van der Waals surface area contributed by atoms with Gasteiger partial charge in [0.2, 0.25) is 0 Å². The maximum Gasteiger partial charge on any atom is 0.455 e. The first-order chi connectivity index (χ1) is 9.60. The first kappa shape index (κ1) is 17.3. The molecule has 0 amide bonds. The van der Waals surface area contributed by atoms with Gasteiger partial charge in [-0.1, -0.05) is 0 Å². The lowest BCUT2D eigenvalue weighted by Gasteiger charge is -2.27. The predicted octanol–water partition coefficient (Wildman–Crippen LogP) is 2.91. The van der Waals surface area contributed by atoms with Gasteiger partial charge in [0.25, 0.3) is 0 Å². The molecule has 0 unspecified atom stereocenters. The Kier molecular flexibility index (Phi) is 4.87. The molecule has 0 saturated carbocycles. The van der Waals surface area contributed by atoms with Gasteiger partial charge in [0, 0.05) is 11.6 Å². The van der Waals surface area contributed by atoms with Crippen LogP contribution in [0.1, 0.15) is 11.6 Å². The van der Waals surface area contributed by atoms with E-state index in [1.807, 2.05) is 0 Å². The minimum atomic E-state index is -5.79. The average Bonchev–Trinajstić information content (AvgIpc) is 2.43. The summed E-state index contributed by atoms with van der Waals surface area (Å²) in [6.45, 7) is 0. The number of ether oxygens (including phenoxy) is 3. The van der Waals surface area contributed by atoms with Crippen molar-refractivity contribution in [2.45, 2.75) is 18.1 Å². The Bertz CT molecular complexity index is 504. The third-order valence-electron chi connectivity index (χ3n) is 2.84. The predicted molar refractivity (Wildman–Crippen MR) is 64.0 cm³/mol. The molecule has 0 aliphatic carbocycles. The summed E-state index contributed by atoms with van der Waals surface area (Å²) in [5.74, 6) is -5.31. The first-order valence-electron chi connectivity index (χ1n) is 5.60. The van der Waals surface area contributed by atoms with Gasteiger partial charge >= 0.3 is 12.1 Å². The first-order valence-corrected chi connectivity index (χ1v) is 5.60. The van der Waals surface area contributed by atoms with Crippen LogP contribution in [0.4, 0.5) is 22.0 Å². The number of hydrogen-bond acceptors (Lipinski definition) is 4. The van der Waals surface area contributed by atoms with Crippen molar-refractivity contribution in [1.82, 2.24) is 0 Å². The number of rotatable bonds is 5. The molecule has 0 bridgehead atoms. The van der Waals surface area contributed by atoms with Crippen LogP contribution in [0.3, 0.4) is 0 Å². The molecule has 0 aromatic heterocycles. The summed E-state index contributed by atoms with van der Waals surface area (Å²) in [6.07, 6.45) is -5.79. The highest BCUT2D eigenvalue weighted by atomic mass is 19.4. The van der Waals surface area contributed by atoms with E-state index in [1.54, 1.807) is 0 Å². The molecule has 1 aromatic rings. The van der Waals surface area contributed by atoms with E-state index in [9.17, 15) is 22.0 Å². The largest absolute Gasteiger partial charge is 0.496 e. The fourth-order valence-electron chi connectivity index (χ4n) is 1.67. The van der Waals surface area contributed by atoms with Crippen molar-refractivity contribution in [3.63, 3.8) is 0 Å². The van der Waals surface area contributed by atoms with Crippen molar-refractivity contribution in [3.8, 4) is 17.2 Å². The van der Waals surface area contributed by atoms with Crippen LogP contribution < -0.4 is 19.9 Å². The molecule has 0 spiro atoms. The van der Waals surface area contributed by atoms with Crippen LogP contribution in [-0.2, 0) is 0 Å². The molecule has 9 heteroatoms. The Hall–Kier alpha value is -1.77. The monoisotopic (exact) mass is 315 g/mol. The highest BCUT2D eigenvalue weighted by Gasteiger charge is 2.62. The van der Waals surface area contributed by atoms with Crippen LogP contribution in [0.5, 0.6) is 17.2 Å². The summed E-state index contributed by atoms with van der Waals surface area (Å²) in [7, 11) is 3.60. The Morgan fingerprint density at radius 1 is 0.857 bits per heavy atom. The van der Waals surface area contributed by atoms with Crippen molar-refractivity contribution in [3.05, 3.63) is 17.7 Å². The van der Waals surface area contributed by atoms with Gasteiger partial charge in [-0.3, -0.25) is 0 Å². The number of hydrogen-bond donors (Lipinski definition) is 1. The molecule has 2 N–H and O–H groups in total. The van der Waals surface area contributed by atoms with E-state index in [1.165, 1.54) is 14.2 Å². The number of benzene rings is 1. The molecule has 0 fully saturated rings. The Labute approximate surface area is 117 Å². The van der Waals surface area contributed by atoms with Crippen LogP contribution >= 0.6 is 0 Å². The second-order valence-electron chi connectivity index (χ2n) is 4.05. The minimum Gasteiger partial charge on any atom is -0.496 e. The highest BCUT2D eigenvalue weighted by molar-refractivity contribution is 5.52. The molecule has 0 heterocycles. The number of methoxy groups -OCH3 is 3. The lowest BCUT2D eigenvalue weighted by molar-refractivity contribution is -0.291. The summed E-state index contributed by atoms with van der Waals surface area (Å²) >= 11 is 0. The summed E-state index contributed by atoms with van der Waals surface area (Å²) < 4.78 is 78.5. The van der Waals surface area contributed by atoms with Crippen LogP contribution in [-0.4, -0.2) is 33.4 Å². The van der Waals surface area contributed by atoms with Gasteiger partial charge in [0.05, 0.1) is 21.3 Å². The second kappa shape index (κ2) is 5.92. The van der Waals surface area contributed by atoms with Gasteiger partial charge in [-0.2, -0.15) is 22.0 Å². The maximum absolute atomic E-state index is 13.4. The normalized spacial score (nSPS) is 13.8. The van der Waals surface area contributed by atoms with E-state index in [4.69, 9.17) is 19.9 Å². The van der Waals surface area contributed by atoms with E-state index in [0.717, 1.165) is 19.2 Å². The SMILES string of the molecule is COc1cc(OC)c([C@H](N)C(F)(F)C(F)(F)F)cc1OC. The molecule has 0 saturated heterocycles. The number of nitrogens with two attached hydrogens (primary N) is 1. The van der Waals surface area contributed by atoms with Gasteiger partial charge in [-0.15, -0.1) is 0 Å². The molecule has 4 nitrogen and oxygen atoms in total. The molecule has 0 aliphatic rings. The van der Waals surface area contributed by atoms with Crippen molar-refractivity contribution in [1.29, 1.82) is 0 Å². The van der Waals surface area contributed by atoms with Crippen molar-refractivity contribution in [2.75, 3.05) is 21.3 Å². The quantitative estimate of drug-likeness (QED) is 0.849. The molecule has 0 aliphatic heterocycles. The van der Waals surface area contributed by atoms with Crippen molar-refractivity contribution < 1.29 is 36.2 Å². The van der Waals surface area contributed by atoms with Gasteiger partial charge < -0.3 is 19.9 Å². The summed E-state index contributed by atoms with van der Waals surface area (Å²) in [5, 5.41) is 0. The van der Waals surface area contributed by atoms with E-state index < -0.39 is 23.7 Å². The Morgan fingerprint density at radius 3 is 1.67 bits per heavy atom. The van der Waals surface area contributed by atoms with E-state index >= 15 is 0 Å². The third-order valence-corrected chi connectivity index (χ3v) is 2.84. The second-order valence-corrected chi connectivity index (χ2v) is 4.05. The fraction of sp³-hybridized carbons (Fsp3) is 0.500. The van der Waals surface area contributed by atoms with Gasteiger partial charge in [0.1, 0.15) is 11.8 Å². The average molecular weight is 315 g/mol. The maximum atomic E-state index is 13.4. The topological polar surface area (TPSA) is 53.7 Å². The van der Waals surface area contributed by atoms with Crippen LogP contribution in [0.2, 0.25) is 0 Å². The smallest absolute Gasteiger partial charge is 0.455 e. The summed E-state index contributed by atoms with van der Waals surface area (Å²) in [6, 6.07) is -0.588. The zero-order valence-electron chi connectivity index (χ0n) is 11.4. The van der Waals surface area contributed by atoms with E-state index in [-0.39, 0.29) is 17.2 Å². The van der Waals surface area contributed by atoms with Crippen LogP contribution in [0.25, 0.3) is 0 Å². The minimum absolute atomic E-state index is 0.0401. The molecule has 120 valence electrons. The summed E-state index contributed by atoms with van der Waals surface area (Å²) in [4.78, 5) is 0. The molecular formula is C12H14F5NO3. The van der Waals surface area contributed by atoms with E-state index in [2.05, 4.69) is 0 Å². The zero-order valence-corrected chi connectivity index (χ0v) is 11.4. The van der Waals surface area contributed by atoms with E-state index in [0.29, 0.717) is 0 Å². The van der Waals surface area contributed by atoms with Crippen LogP contribution in [0.15, 0.2) is 12.1 Å². The van der Waals surface area contributed by atoms with Gasteiger partial charge in [-0.25, -0.2) is 0 Å². The number of alkyl halides is 5. The zero-order chi connectivity index (χ0) is 16.4. The van der Waals surface area contributed by atoms with Gasteiger partial charge in [0.15, 0.2) is 11.5 Å². The molecule has 1 aromatic carbocycles. The fourth-order valence-corrected chi connectivity index (χ4v) is 1.67. The van der Waals surface area contributed by atoms with Gasteiger partial charge in [-0.05, 0) is 6.07 Å². The third kappa shape index (κ3) is 3.12. The highest BCUT2D eigenvalue weighted by Crippen LogP contribution is 2.47. The molecule has 1 atom stereocenters. The lowest BCUT2D eigenvalue weighted by Crippen LogP contribution is -2.46. The number of halogens is 5. The van der Waals surface area contributed by atoms with Crippen LogP contribution in [0, 0.1) is 0 Å². The molecule has 1 rings (SSSR count). The van der Waals surface area contributed by atoms with Crippen molar-refractivity contribution >= 4 is 0 Å². The lowest BCUT2D eigenvalue weighted by atomic mass is 9.99. The molecular weight excluding hydrogens is 301 g/mol. The summed E-state index contributed by atoms with van der Waals surface area (Å²) in [5.41, 5.74) is 4.56. The Balaban J connectivity index is 3.41. The standard InChI is InChI=1S/C12H14F5NO3/c1-19-7-5-9(21-3)8(20-2)4-6(7)10(18)11(13,14)12(15,16)17/h4-5,10H,18H2,1-3H3/t10-/m0/s1. The Morgan fingerprint density at radius 2 is 1.29 bits per heavy atom.